The Morgan fingerprint density at radius 3 is 2.50 bits per heavy atom. The lowest BCUT2D eigenvalue weighted by molar-refractivity contribution is -0.196. The van der Waals surface area contributed by atoms with Crippen LogP contribution in [0.25, 0.3) is 0 Å². The summed E-state index contributed by atoms with van der Waals surface area (Å²) >= 11 is 0. The Kier molecular flexibility index (Phi) is 2.21. The molecule has 5 nitrogen and oxygen atoms in total. The van der Waals surface area contributed by atoms with Gasteiger partial charge in [-0.15, -0.1) is 0 Å². The van der Waals surface area contributed by atoms with Crippen molar-refractivity contribution >= 4 is 11.8 Å². The zero-order valence-electron chi connectivity index (χ0n) is 10.7. The molecule has 1 amide bonds. The molecule has 3 rings (SSSR count). The van der Waals surface area contributed by atoms with E-state index in [9.17, 15) is 4.79 Å². The minimum atomic E-state index is -0.873. The molecule has 0 saturated carbocycles. The van der Waals surface area contributed by atoms with Crippen LogP contribution in [-0.4, -0.2) is 29.2 Å². The van der Waals surface area contributed by atoms with E-state index in [1.165, 1.54) is 0 Å². The molecule has 0 aromatic heterocycles. The number of hydrogen-bond donors (Lipinski definition) is 0. The summed E-state index contributed by atoms with van der Waals surface area (Å²) in [6.07, 6.45) is -0.406. The van der Waals surface area contributed by atoms with Gasteiger partial charge < -0.3 is 9.57 Å². The molecule has 2 saturated heterocycles. The third-order valence-corrected chi connectivity index (χ3v) is 3.41. The number of hydroxylamine groups is 2. The van der Waals surface area contributed by atoms with Crippen LogP contribution in [0.2, 0.25) is 0 Å². The van der Waals surface area contributed by atoms with Gasteiger partial charge in [0.1, 0.15) is 0 Å². The van der Waals surface area contributed by atoms with Gasteiger partial charge >= 0.3 is 6.09 Å². The van der Waals surface area contributed by atoms with E-state index < -0.39 is 11.9 Å². The molecule has 2 fully saturated rings. The van der Waals surface area contributed by atoms with Crippen LogP contribution in [0.4, 0.5) is 10.5 Å². The maximum Gasteiger partial charge on any atom is 0.437 e. The van der Waals surface area contributed by atoms with Crippen molar-refractivity contribution in [2.75, 3.05) is 11.5 Å². The largest absolute Gasteiger partial charge is 0.437 e. The molecule has 18 heavy (non-hydrogen) atoms. The number of amides is 1. The first-order valence-corrected chi connectivity index (χ1v) is 5.97. The zero-order chi connectivity index (χ0) is 13.0. The summed E-state index contributed by atoms with van der Waals surface area (Å²) in [5.74, 6) is -0.873. The molecule has 2 aliphatic heterocycles. The first-order chi connectivity index (χ1) is 8.45. The highest BCUT2D eigenvalue weighted by Gasteiger charge is 2.62. The SMILES string of the molecule is CC1(C)COC2(C)N(c3ccccc3)C(=O)ON12. The second-order valence-corrected chi connectivity index (χ2v) is 5.36. The molecule has 2 aliphatic rings. The van der Waals surface area contributed by atoms with Crippen LogP contribution in [0.3, 0.4) is 0 Å². The number of ether oxygens (including phenoxy) is 1. The van der Waals surface area contributed by atoms with Crippen molar-refractivity contribution in [3.8, 4) is 0 Å². The molecular formula is C13H16N2O3. The summed E-state index contributed by atoms with van der Waals surface area (Å²) < 4.78 is 5.82. The van der Waals surface area contributed by atoms with Gasteiger partial charge in [0, 0.05) is 6.92 Å². The Balaban J connectivity index is 2.04. The van der Waals surface area contributed by atoms with Crippen molar-refractivity contribution in [3.05, 3.63) is 30.3 Å². The van der Waals surface area contributed by atoms with Crippen molar-refractivity contribution in [1.82, 2.24) is 5.06 Å². The first-order valence-electron chi connectivity index (χ1n) is 5.97. The van der Waals surface area contributed by atoms with Gasteiger partial charge in [0.25, 0.3) is 0 Å². The van der Waals surface area contributed by atoms with Crippen LogP contribution in [0, 0.1) is 0 Å². The highest BCUT2D eigenvalue weighted by Crippen LogP contribution is 2.44. The van der Waals surface area contributed by atoms with Crippen LogP contribution in [0.5, 0.6) is 0 Å². The highest BCUT2D eigenvalue weighted by molar-refractivity contribution is 5.90. The molecule has 5 heteroatoms. The topological polar surface area (TPSA) is 42.0 Å². The Morgan fingerprint density at radius 2 is 1.83 bits per heavy atom. The molecule has 0 N–H and O–H groups in total. The van der Waals surface area contributed by atoms with E-state index in [1.807, 2.05) is 51.1 Å². The molecule has 2 heterocycles. The van der Waals surface area contributed by atoms with Gasteiger partial charge in [0.2, 0.25) is 5.85 Å². The van der Waals surface area contributed by atoms with Crippen LogP contribution in [-0.2, 0) is 9.57 Å². The second-order valence-electron chi connectivity index (χ2n) is 5.36. The smallest absolute Gasteiger partial charge is 0.345 e. The number of carbonyl (C=O) groups is 1. The van der Waals surface area contributed by atoms with E-state index >= 15 is 0 Å². The number of anilines is 1. The lowest BCUT2D eigenvalue weighted by Gasteiger charge is -2.32. The van der Waals surface area contributed by atoms with Crippen LogP contribution in [0.15, 0.2) is 30.3 Å². The average molecular weight is 248 g/mol. The number of carbonyl (C=O) groups excluding carboxylic acids is 1. The summed E-state index contributed by atoms with van der Waals surface area (Å²) in [6.45, 7) is 6.33. The summed E-state index contributed by atoms with van der Waals surface area (Å²) in [5.41, 5.74) is 0.443. The van der Waals surface area contributed by atoms with Crippen molar-refractivity contribution < 1.29 is 14.4 Å². The molecule has 0 bridgehead atoms. The number of nitrogens with zero attached hydrogens (tertiary/aromatic N) is 2. The molecule has 0 radical (unpaired) electrons. The van der Waals surface area contributed by atoms with E-state index in [2.05, 4.69) is 0 Å². The standard InChI is InChI=1S/C13H16N2O3/c1-12(2)9-17-13(3)14(11(16)18-15(12)13)10-7-5-4-6-8-10/h4-8H,9H2,1-3H3. The lowest BCUT2D eigenvalue weighted by Crippen LogP contribution is -2.52. The molecule has 1 unspecified atom stereocenters. The molecule has 0 aliphatic carbocycles. The van der Waals surface area contributed by atoms with Gasteiger partial charge in [-0.25, -0.2) is 9.69 Å². The fourth-order valence-corrected chi connectivity index (χ4v) is 2.57. The van der Waals surface area contributed by atoms with Crippen LogP contribution >= 0.6 is 0 Å². The molecule has 1 atom stereocenters. The minimum Gasteiger partial charge on any atom is -0.345 e. The lowest BCUT2D eigenvalue weighted by atomic mass is 10.1. The second kappa shape index (κ2) is 3.46. The van der Waals surface area contributed by atoms with E-state index in [1.54, 1.807) is 9.96 Å². The van der Waals surface area contributed by atoms with E-state index in [-0.39, 0.29) is 5.54 Å². The maximum absolute atomic E-state index is 12.1. The summed E-state index contributed by atoms with van der Waals surface area (Å²) in [7, 11) is 0. The van der Waals surface area contributed by atoms with Crippen molar-refractivity contribution in [3.63, 3.8) is 0 Å². The molecular weight excluding hydrogens is 232 g/mol. The number of para-hydroxylation sites is 1. The van der Waals surface area contributed by atoms with Gasteiger partial charge in [-0.1, -0.05) is 23.3 Å². The Bertz CT molecular complexity index is 488. The van der Waals surface area contributed by atoms with Gasteiger partial charge in [-0.2, -0.15) is 0 Å². The van der Waals surface area contributed by atoms with Gasteiger partial charge in [-0.05, 0) is 26.0 Å². The maximum atomic E-state index is 12.1. The normalized spacial score (nSPS) is 30.4. The number of rotatable bonds is 1. The molecule has 0 spiro atoms. The number of hydrogen-bond acceptors (Lipinski definition) is 4. The number of benzene rings is 1. The predicted molar refractivity (Wildman–Crippen MR) is 65.7 cm³/mol. The van der Waals surface area contributed by atoms with Crippen molar-refractivity contribution in [2.24, 2.45) is 0 Å². The van der Waals surface area contributed by atoms with Crippen molar-refractivity contribution in [2.45, 2.75) is 32.2 Å². The Hall–Kier alpha value is -1.59. The third kappa shape index (κ3) is 1.38. The first kappa shape index (κ1) is 11.5. The van der Waals surface area contributed by atoms with Crippen LogP contribution in [0.1, 0.15) is 20.8 Å². The average Bonchev–Trinajstić information content (AvgIpc) is 2.72. The third-order valence-electron chi connectivity index (χ3n) is 3.41. The van der Waals surface area contributed by atoms with Crippen LogP contribution < -0.4 is 4.90 Å². The Labute approximate surface area is 106 Å². The van der Waals surface area contributed by atoms with E-state index in [0.29, 0.717) is 6.61 Å². The predicted octanol–water partition coefficient (Wildman–Crippen LogP) is 2.34. The van der Waals surface area contributed by atoms with Gasteiger partial charge in [-0.3, -0.25) is 0 Å². The van der Waals surface area contributed by atoms with Crippen molar-refractivity contribution in [1.29, 1.82) is 0 Å². The quantitative estimate of drug-likeness (QED) is 0.765. The molecule has 96 valence electrons. The van der Waals surface area contributed by atoms with Gasteiger partial charge in [0.05, 0.1) is 17.8 Å². The van der Waals surface area contributed by atoms with E-state index in [4.69, 9.17) is 9.57 Å². The van der Waals surface area contributed by atoms with E-state index in [0.717, 1.165) is 5.69 Å². The number of fused-ring (bicyclic) bond motifs is 1. The summed E-state index contributed by atoms with van der Waals surface area (Å²) in [6, 6.07) is 9.41. The fraction of sp³-hybridized carbons (Fsp3) is 0.462. The zero-order valence-corrected chi connectivity index (χ0v) is 10.7. The monoisotopic (exact) mass is 248 g/mol. The fourth-order valence-electron chi connectivity index (χ4n) is 2.57. The molecule has 1 aromatic carbocycles. The highest BCUT2D eigenvalue weighted by atomic mass is 16.8. The molecule has 1 aromatic rings. The van der Waals surface area contributed by atoms with Gasteiger partial charge in [0.15, 0.2) is 0 Å². The minimum absolute atomic E-state index is 0.325. The Morgan fingerprint density at radius 1 is 1.17 bits per heavy atom. The summed E-state index contributed by atoms with van der Waals surface area (Å²) in [5, 5.41) is 1.63. The summed E-state index contributed by atoms with van der Waals surface area (Å²) in [4.78, 5) is 19.0.